The first-order valence-corrected chi connectivity index (χ1v) is 5.86. The second-order valence-electron chi connectivity index (χ2n) is 2.97. The summed E-state index contributed by atoms with van der Waals surface area (Å²) in [6, 6.07) is 0.771. The molecule has 0 aromatic carbocycles. The number of halogens is 1. The first kappa shape index (κ1) is 8.51. The minimum atomic E-state index is 0.771. The number of thiazole rings is 1. The molecule has 0 aliphatic heterocycles. The third-order valence-corrected chi connectivity index (χ3v) is 3.63. The quantitative estimate of drug-likeness (QED) is 0.816. The number of anilines is 1. The molecule has 1 aliphatic carbocycles. The standard InChI is InChI=1S/C8H11BrN2S/c1-2-11(6-3-4-6)8-10-7(9)5-12-8/h5-6H,2-4H2,1H3. The van der Waals surface area contributed by atoms with E-state index in [2.05, 4.69) is 32.7 Å². The molecule has 1 aromatic rings. The molecule has 0 spiro atoms. The van der Waals surface area contributed by atoms with E-state index in [1.807, 2.05) is 5.38 Å². The van der Waals surface area contributed by atoms with Crippen molar-refractivity contribution in [1.29, 1.82) is 0 Å². The van der Waals surface area contributed by atoms with Crippen molar-refractivity contribution in [3.8, 4) is 0 Å². The summed E-state index contributed by atoms with van der Waals surface area (Å²) in [6.07, 6.45) is 2.68. The Balaban J connectivity index is 2.15. The van der Waals surface area contributed by atoms with Gasteiger partial charge in [0, 0.05) is 18.0 Å². The van der Waals surface area contributed by atoms with Crippen molar-refractivity contribution in [1.82, 2.24) is 4.98 Å². The topological polar surface area (TPSA) is 16.1 Å². The maximum Gasteiger partial charge on any atom is 0.186 e. The molecule has 4 heteroatoms. The Morgan fingerprint density at radius 1 is 1.75 bits per heavy atom. The van der Waals surface area contributed by atoms with Crippen molar-refractivity contribution in [3.05, 3.63) is 9.98 Å². The fourth-order valence-electron chi connectivity index (χ4n) is 1.31. The van der Waals surface area contributed by atoms with Gasteiger partial charge in [-0.2, -0.15) is 0 Å². The lowest BCUT2D eigenvalue weighted by Gasteiger charge is -2.18. The Morgan fingerprint density at radius 2 is 2.50 bits per heavy atom. The van der Waals surface area contributed by atoms with Crippen molar-refractivity contribution in [2.45, 2.75) is 25.8 Å². The molecule has 1 saturated carbocycles. The van der Waals surface area contributed by atoms with Crippen LogP contribution in [-0.2, 0) is 0 Å². The third kappa shape index (κ3) is 1.64. The molecule has 0 bridgehead atoms. The van der Waals surface area contributed by atoms with Gasteiger partial charge in [-0.25, -0.2) is 4.98 Å². The van der Waals surface area contributed by atoms with Gasteiger partial charge in [0.15, 0.2) is 5.13 Å². The van der Waals surface area contributed by atoms with Gasteiger partial charge in [-0.3, -0.25) is 0 Å². The molecule has 0 N–H and O–H groups in total. The number of hydrogen-bond acceptors (Lipinski definition) is 3. The molecular weight excluding hydrogens is 236 g/mol. The minimum Gasteiger partial charge on any atom is -0.345 e. The van der Waals surface area contributed by atoms with Crippen LogP contribution in [0.1, 0.15) is 19.8 Å². The summed E-state index contributed by atoms with van der Waals surface area (Å²) in [5.41, 5.74) is 0. The van der Waals surface area contributed by atoms with Gasteiger partial charge >= 0.3 is 0 Å². The predicted molar refractivity (Wildman–Crippen MR) is 55.9 cm³/mol. The van der Waals surface area contributed by atoms with Gasteiger partial charge in [-0.05, 0) is 35.7 Å². The summed E-state index contributed by atoms with van der Waals surface area (Å²) in [5, 5.41) is 3.20. The van der Waals surface area contributed by atoms with Gasteiger partial charge in [-0.15, -0.1) is 11.3 Å². The third-order valence-electron chi connectivity index (χ3n) is 2.04. The Bertz CT molecular complexity index is 270. The lowest BCUT2D eigenvalue weighted by Crippen LogP contribution is -2.24. The number of aromatic nitrogens is 1. The largest absolute Gasteiger partial charge is 0.345 e. The normalized spacial score (nSPS) is 16.5. The summed E-state index contributed by atoms with van der Waals surface area (Å²) < 4.78 is 0.960. The number of hydrogen-bond donors (Lipinski definition) is 0. The summed E-state index contributed by atoms with van der Waals surface area (Å²) in [4.78, 5) is 6.79. The van der Waals surface area contributed by atoms with Crippen molar-refractivity contribution in [2.75, 3.05) is 11.4 Å². The van der Waals surface area contributed by atoms with Crippen molar-refractivity contribution >= 4 is 32.4 Å². The van der Waals surface area contributed by atoms with E-state index in [4.69, 9.17) is 0 Å². The highest BCUT2D eigenvalue weighted by atomic mass is 79.9. The van der Waals surface area contributed by atoms with Gasteiger partial charge in [0.1, 0.15) is 4.60 Å². The fraction of sp³-hybridized carbons (Fsp3) is 0.625. The Hall–Kier alpha value is -0.0900. The van der Waals surface area contributed by atoms with Crippen molar-refractivity contribution < 1.29 is 0 Å². The highest BCUT2D eigenvalue weighted by Crippen LogP contribution is 2.33. The van der Waals surface area contributed by atoms with E-state index >= 15 is 0 Å². The smallest absolute Gasteiger partial charge is 0.186 e. The molecule has 2 rings (SSSR count). The van der Waals surface area contributed by atoms with Crippen LogP contribution >= 0.6 is 27.3 Å². The van der Waals surface area contributed by atoms with Crippen LogP contribution in [0.15, 0.2) is 9.98 Å². The summed E-state index contributed by atoms with van der Waals surface area (Å²) in [6.45, 7) is 3.26. The van der Waals surface area contributed by atoms with Gasteiger partial charge < -0.3 is 4.90 Å². The molecule has 0 atom stereocenters. The van der Waals surface area contributed by atoms with E-state index in [9.17, 15) is 0 Å². The predicted octanol–water partition coefficient (Wildman–Crippen LogP) is 2.89. The van der Waals surface area contributed by atoms with E-state index < -0.39 is 0 Å². The molecule has 0 amide bonds. The summed E-state index contributed by atoms with van der Waals surface area (Å²) in [7, 11) is 0. The van der Waals surface area contributed by atoms with Crippen molar-refractivity contribution in [3.63, 3.8) is 0 Å². The molecule has 0 radical (unpaired) electrons. The second-order valence-corrected chi connectivity index (χ2v) is 4.62. The highest BCUT2D eigenvalue weighted by Gasteiger charge is 2.29. The molecule has 1 aromatic heterocycles. The van der Waals surface area contributed by atoms with E-state index in [1.54, 1.807) is 11.3 Å². The van der Waals surface area contributed by atoms with Gasteiger partial charge in [0.2, 0.25) is 0 Å². The van der Waals surface area contributed by atoms with E-state index in [0.29, 0.717) is 0 Å². The summed E-state index contributed by atoms with van der Waals surface area (Å²) >= 11 is 5.09. The van der Waals surface area contributed by atoms with Crippen molar-refractivity contribution in [2.24, 2.45) is 0 Å². The number of rotatable bonds is 3. The fourth-order valence-corrected chi connectivity index (χ4v) is 2.70. The van der Waals surface area contributed by atoms with Crippen LogP contribution in [0.2, 0.25) is 0 Å². The lowest BCUT2D eigenvalue weighted by atomic mass is 10.5. The van der Waals surface area contributed by atoms with Crippen LogP contribution in [0, 0.1) is 0 Å². The Kier molecular flexibility index (Phi) is 2.37. The molecule has 2 nitrogen and oxygen atoms in total. The Labute approximate surface area is 84.7 Å². The summed E-state index contributed by atoms with van der Waals surface area (Å²) in [5.74, 6) is 0. The second kappa shape index (κ2) is 3.34. The first-order chi connectivity index (χ1) is 5.81. The highest BCUT2D eigenvalue weighted by molar-refractivity contribution is 9.10. The molecule has 1 heterocycles. The van der Waals surface area contributed by atoms with Crippen LogP contribution < -0.4 is 4.90 Å². The molecule has 66 valence electrons. The van der Waals surface area contributed by atoms with Crippen LogP contribution in [0.25, 0.3) is 0 Å². The van der Waals surface area contributed by atoms with E-state index in [-0.39, 0.29) is 0 Å². The van der Waals surface area contributed by atoms with Crippen LogP contribution in [0.3, 0.4) is 0 Å². The zero-order valence-electron chi connectivity index (χ0n) is 6.96. The molecule has 0 unspecified atom stereocenters. The molecule has 1 fully saturated rings. The van der Waals surface area contributed by atoms with E-state index in [0.717, 1.165) is 22.3 Å². The van der Waals surface area contributed by atoms with Gasteiger partial charge in [0.05, 0.1) is 0 Å². The number of nitrogens with zero attached hydrogens (tertiary/aromatic N) is 2. The molecule has 1 aliphatic rings. The zero-order valence-corrected chi connectivity index (χ0v) is 9.36. The average Bonchev–Trinajstić information content (AvgIpc) is 2.78. The lowest BCUT2D eigenvalue weighted by molar-refractivity contribution is 0.820. The molecule has 0 saturated heterocycles. The van der Waals surface area contributed by atoms with Crippen LogP contribution in [0.5, 0.6) is 0 Å². The van der Waals surface area contributed by atoms with Gasteiger partial charge in [0.25, 0.3) is 0 Å². The Morgan fingerprint density at radius 3 is 2.92 bits per heavy atom. The molecular formula is C8H11BrN2S. The van der Waals surface area contributed by atoms with E-state index in [1.165, 1.54) is 12.8 Å². The first-order valence-electron chi connectivity index (χ1n) is 4.19. The zero-order chi connectivity index (χ0) is 8.55. The minimum absolute atomic E-state index is 0.771. The van der Waals surface area contributed by atoms with Crippen LogP contribution in [-0.4, -0.2) is 17.6 Å². The van der Waals surface area contributed by atoms with Gasteiger partial charge in [-0.1, -0.05) is 0 Å². The average molecular weight is 247 g/mol. The monoisotopic (exact) mass is 246 g/mol. The van der Waals surface area contributed by atoms with Crippen LogP contribution in [0.4, 0.5) is 5.13 Å². The SMILES string of the molecule is CCN(c1nc(Br)cs1)C1CC1. The molecule has 12 heavy (non-hydrogen) atoms. The maximum absolute atomic E-state index is 4.40. The maximum atomic E-state index is 4.40.